The van der Waals surface area contributed by atoms with E-state index in [-0.39, 0.29) is 32.5 Å². The Labute approximate surface area is 168 Å². The Bertz CT molecular complexity index is 512. The van der Waals surface area contributed by atoms with Crippen LogP contribution in [-0.4, -0.2) is 95.4 Å². The predicted molar refractivity (Wildman–Crippen MR) is 95.5 cm³/mol. The van der Waals surface area contributed by atoms with Crippen LogP contribution in [0.3, 0.4) is 0 Å². The third-order valence-electron chi connectivity index (χ3n) is 3.47. The zero-order valence-corrected chi connectivity index (χ0v) is 16.5. The molecule has 0 aliphatic carbocycles. The molecule has 1 heterocycles. The maximum absolute atomic E-state index is 11.5. The Morgan fingerprint density at radius 2 is 1.31 bits per heavy atom. The van der Waals surface area contributed by atoms with E-state index in [1.807, 2.05) is 0 Å². The Balaban J connectivity index is 1.80. The van der Waals surface area contributed by atoms with Gasteiger partial charge in [-0.25, -0.2) is 9.59 Å². The fourth-order valence-corrected chi connectivity index (χ4v) is 2.02. The van der Waals surface area contributed by atoms with Crippen molar-refractivity contribution in [2.75, 3.05) is 66.5 Å². The zero-order chi connectivity index (χ0) is 21.3. The molecular formula is C17H28N2O10. The van der Waals surface area contributed by atoms with Crippen LogP contribution in [0.1, 0.15) is 19.3 Å². The summed E-state index contributed by atoms with van der Waals surface area (Å²) in [7, 11) is 1.29. The molecule has 1 aliphatic heterocycles. The van der Waals surface area contributed by atoms with Crippen molar-refractivity contribution in [3.05, 3.63) is 0 Å². The molecule has 12 heteroatoms. The summed E-state index contributed by atoms with van der Waals surface area (Å²) in [5.41, 5.74) is 0. The van der Waals surface area contributed by atoms with E-state index in [0.717, 1.165) is 0 Å². The van der Waals surface area contributed by atoms with E-state index in [2.05, 4.69) is 10.1 Å². The van der Waals surface area contributed by atoms with Crippen LogP contribution in [0.4, 0.5) is 4.79 Å². The SMILES string of the molecule is COC(=O)NCCOCCOCCOCCOCCC(=O)ON1C(=O)CCC1=O. The minimum Gasteiger partial charge on any atom is -0.453 e. The number of carbonyl (C=O) groups is 4. The first-order chi connectivity index (χ1) is 14.0. The number of rotatable bonds is 16. The average molecular weight is 420 g/mol. The maximum Gasteiger partial charge on any atom is 0.406 e. The fourth-order valence-electron chi connectivity index (χ4n) is 2.02. The van der Waals surface area contributed by atoms with Crippen LogP contribution in [0.25, 0.3) is 0 Å². The van der Waals surface area contributed by atoms with Crippen LogP contribution in [-0.2, 0) is 42.9 Å². The van der Waals surface area contributed by atoms with Crippen molar-refractivity contribution in [3.8, 4) is 0 Å². The van der Waals surface area contributed by atoms with E-state index >= 15 is 0 Å². The molecule has 1 N–H and O–H groups in total. The summed E-state index contributed by atoms with van der Waals surface area (Å²) in [5, 5.41) is 2.99. The lowest BCUT2D eigenvalue weighted by atomic mass is 10.4. The van der Waals surface area contributed by atoms with Gasteiger partial charge in [-0.15, -0.1) is 5.06 Å². The number of methoxy groups -OCH3 is 1. The lowest BCUT2D eigenvalue weighted by Gasteiger charge is -2.12. The van der Waals surface area contributed by atoms with Crippen LogP contribution < -0.4 is 5.32 Å². The monoisotopic (exact) mass is 420 g/mol. The molecule has 0 aromatic carbocycles. The van der Waals surface area contributed by atoms with Crippen molar-refractivity contribution < 1.29 is 47.7 Å². The molecule has 0 atom stereocenters. The predicted octanol–water partition coefficient (Wildman–Crippen LogP) is -0.594. The maximum atomic E-state index is 11.5. The lowest BCUT2D eigenvalue weighted by molar-refractivity contribution is -0.198. The molecule has 29 heavy (non-hydrogen) atoms. The largest absolute Gasteiger partial charge is 0.453 e. The molecule has 0 spiro atoms. The number of ether oxygens (including phenoxy) is 5. The second-order valence-corrected chi connectivity index (χ2v) is 5.66. The Morgan fingerprint density at radius 3 is 1.83 bits per heavy atom. The normalized spacial score (nSPS) is 13.6. The fraction of sp³-hybridized carbons (Fsp3) is 0.765. The molecule has 0 radical (unpaired) electrons. The van der Waals surface area contributed by atoms with Gasteiger partial charge in [0.25, 0.3) is 11.8 Å². The molecule has 1 aliphatic rings. The van der Waals surface area contributed by atoms with Crippen LogP contribution in [0.15, 0.2) is 0 Å². The summed E-state index contributed by atoms with van der Waals surface area (Å²) in [6, 6.07) is 0. The number of alkyl carbamates (subject to hydrolysis) is 1. The van der Waals surface area contributed by atoms with Gasteiger partial charge in [0.1, 0.15) is 0 Å². The van der Waals surface area contributed by atoms with Crippen molar-refractivity contribution >= 4 is 23.9 Å². The van der Waals surface area contributed by atoms with Gasteiger partial charge >= 0.3 is 12.1 Å². The third kappa shape index (κ3) is 12.0. The standard InChI is InChI=1S/C17H28N2O10/c1-24-17(23)18-5-7-26-9-11-28-13-12-27-10-8-25-6-4-16(22)29-19-14(20)2-3-15(19)21/h2-13H2,1H3,(H,18,23). The summed E-state index contributed by atoms with van der Waals surface area (Å²) < 4.78 is 25.5. The van der Waals surface area contributed by atoms with Gasteiger partial charge in [0.15, 0.2) is 0 Å². The molecular weight excluding hydrogens is 392 g/mol. The van der Waals surface area contributed by atoms with Gasteiger partial charge in [-0.1, -0.05) is 0 Å². The molecule has 0 aromatic heterocycles. The number of carbonyl (C=O) groups excluding carboxylic acids is 4. The number of nitrogens with one attached hydrogen (secondary N) is 1. The van der Waals surface area contributed by atoms with Crippen LogP contribution in [0.5, 0.6) is 0 Å². The summed E-state index contributed by atoms with van der Waals surface area (Å²) in [6.07, 6.45) is -0.452. The molecule has 1 saturated heterocycles. The minimum absolute atomic E-state index is 0.0607. The minimum atomic E-state index is -0.703. The Morgan fingerprint density at radius 1 is 0.828 bits per heavy atom. The van der Waals surface area contributed by atoms with Gasteiger partial charge in [0.05, 0.1) is 66.4 Å². The second kappa shape index (κ2) is 15.6. The Kier molecular flexibility index (Phi) is 13.3. The van der Waals surface area contributed by atoms with E-state index in [0.29, 0.717) is 51.2 Å². The van der Waals surface area contributed by atoms with Gasteiger partial charge in [0, 0.05) is 19.4 Å². The molecule has 0 aromatic rings. The number of amides is 3. The van der Waals surface area contributed by atoms with Crippen LogP contribution in [0, 0.1) is 0 Å². The number of nitrogens with zero attached hydrogens (tertiary/aromatic N) is 1. The van der Waals surface area contributed by atoms with Crippen molar-refractivity contribution in [3.63, 3.8) is 0 Å². The summed E-state index contributed by atoms with van der Waals surface area (Å²) in [6.45, 7) is 3.02. The first-order valence-electron chi connectivity index (χ1n) is 9.24. The van der Waals surface area contributed by atoms with Gasteiger partial charge < -0.3 is 33.8 Å². The average Bonchev–Trinajstić information content (AvgIpc) is 3.02. The lowest BCUT2D eigenvalue weighted by Crippen LogP contribution is -2.32. The van der Waals surface area contributed by atoms with Gasteiger partial charge in [0.2, 0.25) is 0 Å². The molecule has 0 saturated carbocycles. The van der Waals surface area contributed by atoms with E-state index in [1.165, 1.54) is 7.11 Å². The van der Waals surface area contributed by atoms with Crippen molar-refractivity contribution in [1.82, 2.24) is 10.4 Å². The molecule has 166 valence electrons. The molecule has 3 amide bonds. The molecule has 1 fully saturated rings. The van der Waals surface area contributed by atoms with Gasteiger partial charge in [-0.3, -0.25) is 9.59 Å². The molecule has 12 nitrogen and oxygen atoms in total. The van der Waals surface area contributed by atoms with Crippen LogP contribution >= 0.6 is 0 Å². The second-order valence-electron chi connectivity index (χ2n) is 5.66. The van der Waals surface area contributed by atoms with Crippen molar-refractivity contribution in [1.29, 1.82) is 0 Å². The smallest absolute Gasteiger partial charge is 0.406 e. The van der Waals surface area contributed by atoms with E-state index in [9.17, 15) is 19.2 Å². The quantitative estimate of drug-likeness (QED) is 0.254. The highest BCUT2D eigenvalue weighted by Crippen LogP contribution is 2.12. The third-order valence-corrected chi connectivity index (χ3v) is 3.47. The summed E-state index contributed by atoms with van der Waals surface area (Å²) in [4.78, 5) is 49.6. The van der Waals surface area contributed by atoms with Crippen molar-refractivity contribution in [2.45, 2.75) is 19.3 Å². The molecule has 0 bridgehead atoms. The Hall–Kier alpha value is -2.28. The first-order valence-corrected chi connectivity index (χ1v) is 9.24. The highest BCUT2D eigenvalue weighted by atomic mass is 16.7. The summed E-state index contributed by atoms with van der Waals surface area (Å²) in [5.74, 6) is -1.73. The number of hydroxylamine groups is 2. The van der Waals surface area contributed by atoms with E-state index < -0.39 is 23.9 Å². The molecule has 1 rings (SSSR count). The molecule has 0 unspecified atom stereocenters. The van der Waals surface area contributed by atoms with E-state index in [1.54, 1.807) is 0 Å². The van der Waals surface area contributed by atoms with E-state index in [4.69, 9.17) is 23.8 Å². The van der Waals surface area contributed by atoms with Gasteiger partial charge in [-0.2, -0.15) is 0 Å². The number of hydrogen-bond donors (Lipinski definition) is 1. The number of hydrogen-bond acceptors (Lipinski definition) is 10. The number of imide groups is 1. The topological polar surface area (TPSA) is 139 Å². The first kappa shape index (κ1) is 24.8. The summed E-state index contributed by atoms with van der Waals surface area (Å²) >= 11 is 0. The van der Waals surface area contributed by atoms with Crippen molar-refractivity contribution in [2.24, 2.45) is 0 Å². The highest BCUT2D eigenvalue weighted by Gasteiger charge is 2.32. The highest BCUT2D eigenvalue weighted by molar-refractivity contribution is 6.01. The van der Waals surface area contributed by atoms with Gasteiger partial charge in [-0.05, 0) is 0 Å². The zero-order valence-electron chi connectivity index (χ0n) is 16.5. The van der Waals surface area contributed by atoms with Crippen LogP contribution in [0.2, 0.25) is 0 Å².